The summed E-state index contributed by atoms with van der Waals surface area (Å²) in [6.45, 7) is 8.87. The summed E-state index contributed by atoms with van der Waals surface area (Å²) in [4.78, 5) is 11.5. The van der Waals surface area contributed by atoms with Gasteiger partial charge in [-0.3, -0.25) is 0 Å². The van der Waals surface area contributed by atoms with Gasteiger partial charge in [-0.05, 0) is 67.6 Å². The average Bonchev–Trinajstić information content (AvgIpc) is 2.64. The molecule has 0 aliphatic heterocycles. The van der Waals surface area contributed by atoms with E-state index in [0.717, 1.165) is 24.6 Å². The van der Waals surface area contributed by atoms with Crippen molar-refractivity contribution < 1.29 is 19.4 Å². The Bertz CT molecular complexity index is 959. The quantitative estimate of drug-likeness (QED) is 0.757. The molecule has 0 radical (unpaired) electrons. The Balaban J connectivity index is 1.61. The zero-order chi connectivity index (χ0) is 21.0. The maximum absolute atomic E-state index is 11.5. The van der Waals surface area contributed by atoms with Crippen LogP contribution in [-0.4, -0.2) is 28.5 Å². The Morgan fingerprint density at radius 2 is 1.83 bits per heavy atom. The molecule has 5 heteroatoms. The van der Waals surface area contributed by atoms with Gasteiger partial charge in [-0.1, -0.05) is 20.8 Å². The van der Waals surface area contributed by atoms with E-state index in [9.17, 15) is 15.0 Å². The molecule has 0 saturated heterocycles. The molecule has 2 saturated carbocycles. The summed E-state index contributed by atoms with van der Waals surface area (Å²) in [6.07, 6.45) is 2.91. The van der Waals surface area contributed by atoms with Gasteiger partial charge in [-0.15, -0.1) is 0 Å². The van der Waals surface area contributed by atoms with Crippen LogP contribution in [0.1, 0.15) is 53.4 Å². The first kappa shape index (κ1) is 20.4. The van der Waals surface area contributed by atoms with Crippen molar-refractivity contribution in [3.63, 3.8) is 0 Å². The molecule has 4 rings (SSSR count). The number of rotatable bonds is 3. The van der Waals surface area contributed by atoms with Crippen LogP contribution in [-0.2, 0) is 0 Å². The monoisotopic (exact) mass is 400 g/mol. The van der Waals surface area contributed by atoms with E-state index in [1.165, 1.54) is 6.07 Å². The summed E-state index contributed by atoms with van der Waals surface area (Å²) >= 11 is 0. The van der Waals surface area contributed by atoms with E-state index in [-0.39, 0.29) is 28.5 Å². The highest BCUT2D eigenvalue weighted by atomic mass is 16.5. The first-order chi connectivity index (χ1) is 13.5. The van der Waals surface area contributed by atoms with Crippen LogP contribution in [0.3, 0.4) is 0 Å². The fraction of sp³-hybridized carbons (Fsp3) is 0.625. The molecule has 0 bridgehead atoms. The zero-order valence-electron chi connectivity index (χ0n) is 17.8. The van der Waals surface area contributed by atoms with Crippen molar-refractivity contribution in [3.05, 3.63) is 40.8 Å². The number of ether oxygens (including phenoxy) is 1. The van der Waals surface area contributed by atoms with Crippen LogP contribution >= 0.6 is 0 Å². The number of fused-ring (bicyclic) bond motifs is 2. The molecule has 0 unspecified atom stereocenters. The van der Waals surface area contributed by atoms with Crippen molar-refractivity contribution in [1.29, 1.82) is 0 Å². The third-order valence-electron chi connectivity index (χ3n) is 8.01. The molecular weight excluding hydrogens is 368 g/mol. The van der Waals surface area contributed by atoms with Crippen LogP contribution in [0.2, 0.25) is 0 Å². The Hall–Kier alpha value is -1.85. The van der Waals surface area contributed by atoms with E-state index in [1.54, 1.807) is 12.1 Å². The smallest absolute Gasteiger partial charge is 0.336 e. The van der Waals surface area contributed by atoms with Gasteiger partial charge in [-0.25, -0.2) is 4.79 Å². The molecule has 29 heavy (non-hydrogen) atoms. The Morgan fingerprint density at radius 3 is 2.59 bits per heavy atom. The SMILES string of the molecule is CC1(C)[C@H]2CC[C@](C)(O)[C@@H](COc3ccc4ccc(=O)oc4c3)[C@]2(C)CC[C@@H]1O. The molecule has 2 aliphatic rings. The van der Waals surface area contributed by atoms with Crippen LogP contribution in [0.5, 0.6) is 5.75 Å². The average molecular weight is 401 g/mol. The van der Waals surface area contributed by atoms with Gasteiger partial charge in [-0.2, -0.15) is 0 Å². The third-order valence-corrected chi connectivity index (χ3v) is 8.01. The summed E-state index contributed by atoms with van der Waals surface area (Å²) in [7, 11) is 0. The highest BCUT2D eigenvalue weighted by molar-refractivity contribution is 5.77. The number of aliphatic hydroxyl groups is 2. The fourth-order valence-electron chi connectivity index (χ4n) is 6.20. The van der Waals surface area contributed by atoms with Crippen molar-refractivity contribution in [2.24, 2.45) is 22.7 Å². The van der Waals surface area contributed by atoms with Gasteiger partial charge in [0.15, 0.2) is 0 Å². The maximum Gasteiger partial charge on any atom is 0.336 e. The van der Waals surface area contributed by atoms with E-state index < -0.39 is 5.60 Å². The van der Waals surface area contributed by atoms with Gasteiger partial charge < -0.3 is 19.4 Å². The lowest BCUT2D eigenvalue weighted by atomic mass is 9.45. The number of aliphatic hydroxyl groups excluding tert-OH is 1. The fourth-order valence-corrected chi connectivity index (χ4v) is 6.20. The molecule has 2 fully saturated rings. The van der Waals surface area contributed by atoms with E-state index in [0.29, 0.717) is 30.3 Å². The largest absolute Gasteiger partial charge is 0.493 e. The summed E-state index contributed by atoms with van der Waals surface area (Å²) in [5.74, 6) is 0.893. The van der Waals surface area contributed by atoms with Crippen molar-refractivity contribution in [3.8, 4) is 5.75 Å². The van der Waals surface area contributed by atoms with E-state index in [2.05, 4.69) is 20.8 Å². The predicted molar refractivity (Wildman–Crippen MR) is 112 cm³/mol. The van der Waals surface area contributed by atoms with Crippen molar-refractivity contribution in [2.45, 2.75) is 65.1 Å². The normalized spacial score (nSPS) is 36.6. The molecule has 2 aliphatic carbocycles. The van der Waals surface area contributed by atoms with Gasteiger partial charge >= 0.3 is 5.63 Å². The summed E-state index contributed by atoms with van der Waals surface area (Å²) in [6, 6.07) is 8.62. The van der Waals surface area contributed by atoms with Crippen molar-refractivity contribution in [2.75, 3.05) is 6.61 Å². The van der Waals surface area contributed by atoms with Crippen LogP contribution in [0.15, 0.2) is 39.5 Å². The minimum atomic E-state index is -0.826. The number of hydrogen-bond acceptors (Lipinski definition) is 5. The molecule has 2 N–H and O–H groups in total. The molecule has 0 spiro atoms. The Morgan fingerprint density at radius 1 is 1.10 bits per heavy atom. The third kappa shape index (κ3) is 3.38. The minimum Gasteiger partial charge on any atom is -0.493 e. The summed E-state index contributed by atoms with van der Waals surface area (Å²) < 4.78 is 11.4. The van der Waals surface area contributed by atoms with Crippen molar-refractivity contribution in [1.82, 2.24) is 0 Å². The second-order valence-corrected chi connectivity index (χ2v) is 10.1. The molecule has 5 nitrogen and oxygen atoms in total. The molecule has 2 aromatic rings. The minimum absolute atomic E-state index is 0.0565. The number of benzene rings is 1. The molecule has 1 aromatic heterocycles. The van der Waals surface area contributed by atoms with Gasteiger partial charge in [0.1, 0.15) is 11.3 Å². The molecular formula is C24H32O5. The topological polar surface area (TPSA) is 79.9 Å². The standard InChI is InChI=1S/C24H32O5/c1-22(2)18-9-12-24(4,27)19(23(18,3)11-10-20(22)25)14-28-16-7-5-15-6-8-21(26)29-17(15)13-16/h5-8,13,18-20,25,27H,9-12,14H2,1-4H3/t18-,19+,20+,23-,24+/m1/s1. The second kappa shape index (κ2) is 6.85. The molecule has 158 valence electrons. The first-order valence-corrected chi connectivity index (χ1v) is 10.6. The first-order valence-electron chi connectivity index (χ1n) is 10.6. The lowest BCUT2D eigenvalue weighted by Crippen LogP contribution is -2.61. The van der Waals surface area contributed by atoms with Crippen LogP contribution in [0.4, 0.5) is 0 Å². The van der Waals surface area contributed by atoms with E-state index >= 15 is 0 Å². The molecule has 0 amide bonds. The predicted octanol–water partition coefficient (Wildman–Crippen LogP) is 4.14. The molecule has 1 heterocycles. The lowest BCUT2D eigenvalue weighted by molar-refractivity contribution is -0.201. The van der Waals surface area contributed by atoms with Gasteiger partial charge in [0.05, 0.1) is 18.3 Å². The van der Waals surface area contributed by atoms with Crippen LogP contribution in [0.25, 0.3) is 11.0 Å². The summed E-state index contributed by atoms with van der Waals surface area (Å²) in [5.41, 5.74) is -1.02. The lowest BCUT2D eigenvalue weighted by Gasteiger charge is -2.62. The van der Waals surface area contributed by atoms with E-state index in [4.69, 9.17) is 9.15 Å². The van der Waals surface area contributed by atoms with Crippen LogP contribution < -0.4 is 10.4 Å². The molecule has 5 atom stereocenters. The second-order valence-electron chi connectivity index (χ2n) is 10.1. The summed E-state index contributed by atoms with van der Waals surface area (Å²) in [5, 5.41) is 22.7. The highest BCUT2D eigenvalue weighted by Gasteiger charge is 2.60. The zero-order valence-corrected chi connectivity index (χ0v) is 17.8. The maximum atomic E-state index is 11.5. The molecule has 1 aromatic carbocycles. The highest BCUT2D eigenvalue weighted by Crippen LogP contribution is 2.61. The van der Waals surface area contributed by atoms with Gasteiger partial charge in [0.25, 0.3) is 0 Å². The van der Waals surface area contributed by atoms with Gasteiger partial charge in [0, 0.05) is 23.4 Å². The van der Waals surface area contributed by atoms with Crippen molar-refractivity contribution >= 4 is 11.0 Å². The Labute approximate surface area is 171 Å². The van der Waals surface area contributed by atoms with Gasteiger partial charge in [0.2, 0.25) is 0 Å². The van der Waals surface area contributed by atoms with E-state index in [1.807, 2.05) is 19.1 Å². The van der Waals surface area contributed by atoms with Crippen LogP contribution in [0, 0.1) is 22.7 Å². The number of hydrogen-bond donors (Lipinski definition) is 2. The Kier molecular flexibility index (Phi) is 4.82.